The fourth-order valence-corrected chi connectivity index (χ4v) is 0.601. The van der Waals surface area contributed by atoms with E-state index < -0.39 is 0 Å². The molecule has 0 aliphatic carbocycles. The van der Waals surface area contributed by atoms with Crippen molar-refractivity contribution in [2.75, 3.05) is 0 Å². The van der Waals surface area contributed by atoms with Gasteiger partial charge in [-0.2, -0.15) is 0 Å². The summed E-state index contributed by atoms with van der Waals surface area (Å²) in [5, 5.41) is 0. The van der Waals surface area contributed by atoms with E-state index in [9.17, 15) is 0 Å². The fraction of sp³-hybridized carbons (Fsp3) is 0. The lowest BCUT2D eigenvalue weighted by Gasteiger charge is -1.88. The molecule has 0 aromatic heterocycles. The van der Waals surface area contributed by atoms with Gasteiger partial charge in [0.15, 0.2) is 0 Å². The van der Waals surface area contributed by atoms with Crippen LogP contribution in [-0.4, -0.2) is 0 Å². The van der Waals surface area contributed by atoms with Crippen LogP contribution in [0.15, 0.2) is 11.1 Å². The monoisotopic (exact) mass is 184 g/mol. The van der Waals surface area contributed by atoms with Crippen LogP contribution in [-0.2, 0) is 0 Å². The van der Waals surface area contributed by atoms with Gasteiger partial charge in [0.1, 0.15) is 11.1 Å². The van der Waals surface area contributed by atoms with Gasteiger partial charge in [-0.15, -0.1) is 0 Å². The van der Waals surface area contributed by atoms with Crippen molar-refractivity contribution in [3.8, 4) is 47.9 Å². The van der Waals surface area contributed by atoms with Gasteiger partial charge in [0.2, 0.25) is 0 Å². The van der Waals surface area contributed by atoms with Crippen LogP contribution in [0.1, 0.15) is 0 Å². The molecule has 0 aliphatic heterocycles. The molecule has 0 amide bonds. The minimum Gasteiger partial charge on any atom is -0.359 e. The second-order valence-electron chi connectivity index (χ2n) is 1.83. The summed E-state index contributed by atoms with van der Waals surface area (Å²) in [5.41, 5.74) is 20.7. The Morgan fingerprint density at radius 2 is 0.714 bits per heavy atom. The smallest absolute Gasteiger partial charge is 0.102 e. The Kier molecular flexibility index (Phi) is 5.48. The van der Waals surface area contributed by atoms with E-state index in [0.717, 1.165) is 0 Å². The van der Waals surface area contributed by atoms with E-state index in [-0.39, 0.29) is 0 Å². The highest BCUT2D eigenvalue weighted by molar-refractivity contribution is 5.59. The summed E-state index contributed by atoms with van der Waals surface area (Å²) in [7, 11) is 0. The third-order valence-electron chi connectivity index (χ3n) is 1.04. The molecule has 0 spiro atoms. The fourth-order valence-electron chi connectivity index (χ4n) is 0.601. The van der Waals surface area contributed by atoms with Gasteiger partial charge in [0.25, 0.3) is 0 Å². The molecule has 0 aromatic rings. The topological polar surface area (TPSA) is 104 Å². The second-order valence-corrected chi connectivity index (χ2v) is 1.83. The van der Waals surface area contributed by atoms with Gasteiger partial charge in [-0.05, 0) is 23.7 Å². The second kappa shape index (κ2) is 6.86. The zero-order valence-electron chi connectivity index (χ0n) is 7.31. The summed E-state index contributed by atoms with van der Waals surface area (Å²) < 4.78 is 0. The molecule has 0 bridgehead atoms. The van der Waals surface area contributed by atoms with Crippen molar-refractivity contribution in [3.63, 3.8) is 0 Å². The van der Waals surface area contributed by atoms with Crippen LogP contribution in [0.4, 0.5) is 0 Å². The Balaban J connectivity index is 5.57. The normalized spacial score (nSPS) is 5.43. The first-order valence-electron chi connectivity index (χ1n) is 3.40. The summed E-state index contributed by atoms with van der Waals surface area (Å²) in [6.45, 7) is 0. The maximum Gasteiger partial charge on any atom is 0.102 e. The molecule has 0 heterocycles. The predicted octanol–water partition coefficient (Wildman–Crippen LogP) is -2.04. The molecule has 8 N–H and O–H groups in total. The average molecular weight is 184 g/mol. The average Bonchev–Trinajstić information content (AvgIpc) is 2.17. The molecule has 0 radical (unpaired) electrons. The Morgan fingerprint density at radius 1 is 0.500 bits per heavy atom. The number of hydrogen-bond donors (Lipinski definition) is 4. The summed E-state index contributed by atoms with van der Waals surface area (Å²) in [5.74, 6) is 9.96. The minimum absolute atomic E-state index is 0.297. The molecule has 0 unspecified atom stereocenters. The van der Waals surface area contributed by atoms with Crippen molar-refractivity contribution < 1.29 is 0 Å². The van der Waals surface area contributed by atoms with Gasteiger partial charge in [0, 0.05) is 24.2 Å². The van der Waals surface area contributed by atoms with E-state index in [1.165, 1.54) is 0 Å². The lowest BCUT2D eigenvalue weighted by atomic mass is 10.1. The standard InChI is InChI=1S/C10H8N4/c11-5-1-9(2-6-12)10(3-7-13)4-8-14/h11-14H2. The molecule has 4 nitrogen and oxygen atoms in total. The zero-order valence-corrected chi connectivity index (χ0v) is 7.31. The van der Waals surface area contributed by atoms with Crippen molar-refractivity contribution in [1.29, 1.82) is 0 Å². The SMILES string of the molecule is NC#CC(C#CN)=C(C#CN)C#CN. The predicted molar refractivity (Wildman–Crippen MR) is 54.9 cm³/mol. The Hall–Kier alpha value is -2.82. The van der Waals surface area contributed by atoms with Gasteiger partial charge >= 0.3 is 0 Å². The third-order valence-corrected chi connectivity index (χ3v) is 1.04. The highest BCUT2D eigenvalue weighted by Gasteiger charge is 1.95. The molecule has 0 atom stereocenters. The quantitative estimate of drug-likeness (QED) is 0.257. The molecule has 0 rings (SSSR count). The van der Waals surface area contributed by atoms with Gasteiger partial charge in [-0.25, -0.2) is 0 Å². The van der Waals surface area contributed by atoms with E-state index in [1.807, 2.05) is 0 Å². The Labute approximate surface area is 82.7 Å². The maximum absolute atomic E-state index is 5.03. The summed E-state index contributed by atoms with van der Waals surface area (Å²) in [4.78, 5) is 0. The van der Waals surface area contributed by atoms with E-state index in [2.05, 4.69) is 47.9 Å². The van der Waals surface area contributed by atoms with Crippen LogP contribution in [0.5, 0.6) is 0 Å². The van der Waals surface area contributed by atoms with E-state index in [1.54, 1.807) is 0 Å². The van der Waals surface area contributed by atoms with Crippen molar-refractivity contribution in [1.82, 2.24) is 0 Å². The number of allylic oxidation sites excluding steroid dienone is 2. The van der Waals surface area contributed by atoms with Crippen molar-refractivity contribution in [2.24, 2.45) is 22.9 Å². The maximum atomic E-state index is 5.03. The van der Waals surface area contributed by atoms with E-state index >= 15 is 0 Å². The first-order valence-corrected chi connectivity index (χ1v) is 3.40. The largest absolute Gasteiger partial charge is 0.359 e. The van der Waals surface area contributed by atoms with Crippen LogP contribution in [0.2, 0.25) is 0 Å². The summed E-state index contributed by atoms with van der Waals surface area (Å²) in [6, 6.07) is 8.67. The molecule has 0 aliphatic rings. The first-order chi connectivity index (χ1) is 6.79. The Bertz CT molecular complexity index is 379. The van der Waals surface area contributed by atoms with Crippen LogP contribution in [0.25, 0.3) is 0 Å². The molecule has 0 aromatic carbocycles. The number of hydrogen-bond acceptors (Lipinski definition) is 4. The van der Waals surface area contributed by atoms with Gasteiger partial charge in [-0.1, -0.05) is 0 Å². The molecular weight excluding hydrogens is 176 g/mol. The van der Waals surface area contributed by atoms with Crippen LogP contribution in [0.3, 0.4) is 0 Å². The number of nitrogens with two attached hydrogens (primary N) is 4. The van der Waals surface area contributed by atoms with E-state index in [0.29, 0.717) is 11.1 Å². The highest BCUT2D eigenvalue weighted by atomic mass is 14.5. The summed E-state index contributed by atoms with van der Waals surface area (Å²) in [6.07, 6.45) is 0. The first kappa shape index (κ1) is 11.2. The van der Waals surface area contributed by atoms with Gasteiger partial charge in [0.05, 0.1) is 0 Å². The molecule has 0 fully saturated rings. The van der Waals surface area contributed by atoms with E-state index in [4.69, 9.17) is 22.9 Å². The minimum atomic E-state index is 0.297. The zero-order chi connectivity index (χ0) is 10.8. The number of rotatable bonds is 0. The lowest BCUT2D eigenvalue weighted by molar-refractivity contribution is 1.64. The van der Waals surface area contributed by atoms with Crippen LogP contribution >= 0.6 is 0 Å². The van der Waals surface area contributed by atoms with Crippen molar-refractivity contribution in [3.05, 3.63) is 11.1 Å². The summed E-state index contributed by atoms with van der Waals surface area (Å²) >= 11 is 0. The molecule has 4 heteroatoms. The van der Waals surface area contributed by atoms with Crippen molar-refractivity contribution >= 4 is 0 Å². The van der Waals surface area contributed by atoms with Crippen LogP contribution < -0.4 is 22.9 Å². The molecule has 0 saturated carbocycles. The highest BCUT2D eigenvalue weighted by Crippen LogP contribution is 1.99. The molecular formula is C10H8N4. The lowest BCUT2D eigenvalue weighted by Crippen LogP contribution is -1.90. The van der Waals surface area contributed by atoms with Crippen molar-refractivity contribution in [2.45, 2.75) is 0 Å². The van der Waals surface area contributed by atoms with Crippen LogP contribution in [0, 0.1) is 47.9 Å². The molecule has 0 saturated heterocycles. The van der Waals surface area contributed by atoms with Gasteiger partial charge in [-0.3, -0.25) is 0 Å². The van der Waals surface area contributed by atoms with Gasteiger partial charge < -0.3 is 22.9 Å². The Morgan fingerprint density at radius 3 is 0.857 bits per heavy atom. The molecule has 68 valence electrons. The molecule has 14 heavy (non-hydrogen) atoms. The third kappa shape index (κ3) is 3.54.